The minimum absolute atomic E-state index is 0.106. The van der Waals surface area contributed by atoms with Crippen molar-refractivity contribution in [2.75, 3.05) is 26.4 Å². The molecule has 1 aromatic carbocycles. The monoisotopic (exact) mass is 532 g/mol. The van der Waals surface area contributed by atoms with E-state index in [1.54, 1.807) is 17.6 Å². The standard InChI is InChI=1S/C29H32N4O6/c1-2-29(36)21-10-23-26-19(13-33(23)27(34)20(21)14-37-28(29)35)18(12-32-7-4-16(3-6-30)5-8-32)17-9-24-25(39-15-38-24)11-22(17)31-26/h9-11,16,36H,2-8,12-15,30H2,1H3/t29-/m0/s1. The highest BCUT2D eigenvalue weighted by Crippen LogP contribution is 2.43. The van der Waals surface area contributed by atoms with Crippen molar-refractivity contribution in [1.29, 1.82) is 0 Å². The number of nitrogens with zero attached hydrogens (tertiary/aromatic N) is 3. The molecule has 4 aliphatic heterocycles. The second-order valence-corrected chi connectivity index (χ2v) is 11.0. The predicted molar refractivity (Wildman–Crippen MR) is 142 cm³/mol. The number of pyridine rings is 2. The minimum atomic E-state index is -1.86. The van der Waals surface area contributed by atoms with E-state index >= 15 is 0 Å². The Labute approximate surface area is 225 Å². The molecule has 3 N–H and O–H groups in total. The number of carbonyl (C=O) groups excluding carboxylic acids is 1. The van der Waals surface area contributed by atoms with Crippen LogP contribution in [0.1, 0.15) is 54.9 Å². The third-order valence-electron chi connectivity index (χ3n) is 8.96. The highest BCUT2D eigenvalue weighted by atomic mass is 16.7. The second kappa shape index (κ2) is 9.04. The summed E-state index contributed by atoms with van der Waals surface area (Å²) >= 11 is 0. The molecule has 0 saturated carbocycles. The maximum Gasteiger partial charge on any atom is 0.343 e. The van der Waals surface area contributed by atoms with Crippen molar-refractivity contribution < 1.29 is 24.1 Å². The molecule has 1 fully saturated rings. The average Bonchev–Trinajstić information content (AvgIpc) is 3.55. The summed E-state index contributed by atoms with van der Waals surface area (Å²) in [6.45, 7) is 5.51. The molecule has 10 heteroatoms. The van der Waals surface area contributed by atoms with Crippen LogP contribution in [0.5, 0.6) is 11.5 Å². The summed E-state index contributed by atoms with van der Waals surface area (Å²) in [6, 6.07) is 5.66. The number of aromatic nitrogens is 2. The van der Waals surface area contributed by atoms with Gasteiger partial charge in [0.15, 0.2) is 17.1 Å². The first kappa shape index (κ1) is 24.6. The molecule has 6 heterocycles. The number of aliphatic hydroxyl groups is 1. The second-order valence-electron chi connectivity index (χ2n) is 11.0. The Hall–Kier alpha value is -3.47. The largest absolute Gasteiger partial charge is 0.458 e. The lowest BCUT2D eigenvalue weighted by atomic mass is 9.86. The molecule has 39 heavy (non-hydrogen) atoms. The summed E-state index contributed by atoms with van der Waals surface area (Å²) < 4.78 is 18.3. The van der Waals surface area contributed by atoms with Crippen molar-refractivity contribution in [2.24, 2.45) is 11.7 Å². The SMILES string of the molecule is CC[C@@]1(O)C(=O)OCc2c1cc1n(c2=O)Cc2c-1nc1cc3c(cc1c2CN1CCC(CCN)CC1)OCO3. The zero-order valence-corrected chi connectivity index (χ0v) is 22.0. The number of rotatable bonds is 5. The Morgan fingerprint density at radius 3 is 2.62 bits per heavy atom. The zero-order chi connectivity index (χ0) is 26.9. The van der Waals surface area contributed by atoms with Crippen LogP contribution in [0.4, 0.5) is 0 Å². The molecule has 1 saturated heterocycles. The molecule has 0 aliphatic carbocycles. The Bertz CT molecular complexity index is 1570. The fraction of sp³-hybridized carbons (Fsp3) is 0.483. The van der Waals surface area contributed by atoms with Gasteiger partial charge in [0.2, 0.25) is 6.79 Å². The Balaban J connectivity index is 1.38. The number of hydrogen-bond donors (Lipinski definition) is 2. The van der Waals surface area contributed by atoms with Crippen LogP contribution in [0.15, 0.2) is 23.0 Å². The van der Waals surface area contributed by atoms with Gasteiger partial charge < -0.3 is 29.6 Å². The van der Waals surface area contributed by atoms with Crippen LogP contribution in [-0.4, -0.2) is 52.0 Å². The van der Waals surface area contributed by atoms with Crippen molar-refractivity contribution in [3.63, 3.8) is 0 Å². The number of fused-ring (bicyclic) bond motifs is 6. The van der Waals surface area contributed by atoms with E-state index in [1.165, 1.54) is 0 Å². The Kier molecular flexibility index (Phi) is 5.69. The van der Waals surface area contributed by atoms with Gasteiger partial charge in [-0.15, -0.1) is 0 Å². The molecule has 4 aliphatic rings. The Morgan fingerprint density at radius 1 is 1.10 bits per heavy atom. The van der Waals surface area contributed by atoms with Crippen LogP contribution in [0.3, 0.4) is 0 Å². The normalized spacial score (nSPS) is 22.1. The van der Waals surface area contributed by atoms with E-state index in [1.807, 2.05) is 12.1 Å². The molecule has 1 atom stereocenters. The number of ether oxygens (including phenoxy) is 3. The van der Waals surface area contributed by atoms with Crippen LogP contribution in [0, 0.1) is 5.92 Å². The van der Waals surface area contributed by atoms with Gasteiger partial charge in [-0.05, 0) is 68.9 Å². The van der Waals surface area contributed by atoms with Gasteiger partial charge in [-0.3, -0.25) is 9.69 Å². The van der Waals surface area contributed by atoms with Gasteiger partial charge in [-0.25, -0.2) is 9.78 Å². The van der Waals surface area contributed by atoms with Gasteiger partial charge in [0.05, 0.1) is 29.0 Å². The molecule has 10 nitrogen and oxygen atoms in total. The van der Waals surface area contributed by atoms with Crippen LogP contribution in [0.2, 0.25) is 0 Å². The third-order valence-corrected chi connectivity index (χ3v) is 8.96. The summed E-state index contributed by atoms with van der Waals surface area (Å²) in [5.41, 5.74) is 8.50. The molecule has 0 unspecified atom stereocenters. The number of piperidine rings is 1. The molecular formula is C29H32N4O6. The number of hydrogen-bond acceptors (Lipinski definition) is 9. The van der Waals surface area contributed by atoms with E-state index < -0.39 is 11.6 Å². The first-order chi connectivity index (χ1) is 18.9. The molecule has 3 aromatic rings. The van der Waals surface area contributed by atoms with Crippen LogP contribution in [-0.2, 0) is 34.8 Å². The molecule has 2 aromatic heterocycles. The van der Waals surface area contributed by atoms with Gasteiger partial charge in [0.1, 0.15) is 6.61 Å². The first-order valence-corrected chi connectivity index (χ1v) is 13.8. The third kappa shape index (κ3) is 3.69. The number of carbonyl (C=O) groups is 1. The first-order valence-electron chi connectivity index (χ1n) is 13.8. The number of benzene rings is 1. The molecule has 0 spiro atoms. The van der Waals surface area contributed by atoms with Crippen LogP contribution >= 0.6 is 0 Å². The Morgan fingerprint density at radius 2 is 1.87 bits per heavy atom. The molecule has 7 rings (SSSR count). The lowest BCUT2D eigenvalue weighted by Crippen LogP contribution is -2.44. The quantitative estimate of drug-likeness (QED) is 0.372. The summed E-state index contributed by atoms with van der Waals surface area (Å²) in [5, 5.41) is 12.2. The summed E-state index contributed by atoms with van der Waals surface area (Å²) in [5.74, 6) is 1.28. The van der Waals surface area contributed by atoms with E-state index in [-0.39, 0.29) is 25.4 Å². The fourth-order valence-corrected chi connectivity index (χ4v) is 6.63. The topological polar surface area (TPSA) is 129 Å². The molecule has 0 radical (unpaired) electrons. The predicted octanol–water partition coefficient (Wildman–Crippen LogP) is 2.37. The van der Waals surface area contributed by atoms with E-state index in [2.05, 4.69) is 4.90 Å². The lowest BCUT2D eigenvalue weighted by Gasteiger charge is -2.32. The lowest BCUT2D eigenvalue weighted by molar-refractivity contribution is -0.172. The summed E-state index contributed by atoms with van der Waals surface area (Å²) in [6.07, 6.45) is 3.40. The van der Waals surface area contributed by atoms with Crippen molar-refractivity contribution in [3.05, 3.63) is 50.8 Å². The van der Waals surface area contributed by atoms with Crippen molar-refractivity contribution >= 4 is 16.9 Å². The van der Waals surface area contributed by atoms with Crippen LogP contribution in [0.25, 0.3) is 22.3 Å². The van der Waals surface area contributed by atoms with Gasteiger partial charge in [-0.1, -0.05) is 6.92 Å². The van der Waals surface area contributed by atoms with Crippen molar-refractivity contribution in [3.8, 4) is 22.9 Å². The molecule has 0 bridgehead atoms. The molecule has 0 amide bonds. The van der Waals surface area contributed by atoms with Crippen molar-refractivity contribution in [2.45, 2.75) is 57.9 Å². The molecular weight excluding hydrogens is 500 g/mol. The van der Waals surface area contributed by atoms with Gasteiger partial charge in [-0.2, -0.15) is 0 Å². The average molecular weight is 533 g/mol. The van der Waals surface area contributed by atoms with Gasteiger partial charge >= 0.3 is 5.97 Å². The maximum atomic E-state index is 13.7. The summed E-state index contributed by atoms with van der Waals surface area (Å²) in [4.78, 5) is 33.8. The van der Waals surface area contributed by atoms with Crippen LogP contribution < -0.4 is 20.8 Å². The fourth-order valence-electron chi connectivity index (χ4n) is 6.63. The smallest absolute Gasteiger partial charge is 0.343 e. The van der Waals surface area contributed by atoms with Crippen molar-refractivity contribution in [1.82, 2.24) is 14.5 Å². The highest BCUT2D eigenvalue weighted by Gasteiger charge is 2.45. The van der Waals surface area contributed by atoms with E-state index in [9.17, 15) is 14.7 Å². The highest BCUT2D eigenvalue weighted by molar-refractivity contribution is 5.91. The van der Waals surface area contributed by atoms with Gasteiger partial charge in [0, 0.05) is 29.1 Å². The molecule has 204 valence electrons. The summed E-state index contributed by atoms with van der Waals surface area (Å²) in [7, 11) is 0. The minimum Gasteiger partial charge on any atom is -0.458 e. The number of esters is 1. The van der Waals surface area contributed by atoms with E-state index in [4.69, 9.17) is 24.9 Å². The number of cyclic esters (lactones) is 1. The number of likely N-dealkylation sites (tertiary alicyclic amines) is 1. The number of nitrogens with two attached hydrogens (primary N) is 1. The maximum absolute atomic E-state index is 13.7. The van der Waals surface area contributed by atoms with E-state index in [0.717, 1.165) is 67.5 Å². The van der Waals surface area contributed by atoms with E-state index in [0.29, 0.717) is 46.5 Å². The van der Waals surface area contributed by atoms with Gasteiger partial charge in [0.25, 0.3) is 5.56 Å². The zero-order valence-electron chi connectivity index (χ0n) is 22.0.